The van der Waals surface area contributed by atoms with Crippen LogP contribution in [0.15, 0.2) is 24.3 Å². The Bertz CT molecular complexity index is 636. The number of nitrogens with zero attached hydrogens (tertiary/aromatic N) is 1. The number of amides is 3. The summed E-state index contributed by atoms with van der Waals surface area (Å²) in [7, 11) is 1.32. The summed E-state index contributed by atoms with van der Waals surface area (Å²) in [4.78, 5) is 37.7. The minimum absolute atomic E-state index is 0.0637. The van der Waals surface area contributed by atoms with Gasteiger partial charge in [-0.25, -0.2) is 4.79 Å². The van der Waals surface area contributed by atoms with Gasteiger partial charge in [0.15, 0.2) is 0 Å². The van der Waals surface area contributed by atoms with Crippen molar-refractivity contribution in [2.45, 2.75) is 32.9 Å². The smallest absolute Gasteiger partial charge is 0.409 e. The van der Waals surface area contributed by atoms with E-state index in [1.807, 2.05) is 32.9 Å². The largest absolute Gasteiger partial charge is 0.453 e. The molecule has 1 saturated heterocycles. The second-order valence-corrected chi connectivity index (χ2v) is 6.64. The minimum Gasteiger partial charge on any atom is -0.453 e. The van der Waals surface area contributed by atoms with E-state index >= 15 is 0 Å². The van der Waals surface area contributed by atoms with Gasteiger partial charge >= 0.3 is 6.09 Å². The van der Waals surface area contributed by atoms with E-state index in [2.05, 4.69) is 15.4 Å². The van der Waals surface area contributed by atoms with Gasteiger partial charge < -0.3 is 20.3 Å². The molecular weight excluding hydrogens is 322 g/mol. The Morgan fingerprint density at radius 1 is 1.16 bits per heavy atom. The highest BCUT2D eigenvalue weighted by Crippen LogP contribution is 2.11. The molecule has 1 atom stereocenters. The molecular formula is C18H25N3O4. The van der Waals surface area contributed by atoms with E-state index in [1.54, 1.807) is 12.1 Å². The lowest BCUT2D eigenvalue weighted by molar-refractivity contribution is -0.125. The number of benzene rings is 1. The number of carbonyl (C=O) groups is 3. The number of nitrogens with one attached hydrogen (secondary N) is 2. The van der Waals surface area contributed by atoms with Crippen molar-refractivity contribution in [3.8, 4) is 0 Å². The molecule has 25 heavy (non-hydrogen) atoms. The number of ether oxygens (including phenoxy) is 1. The van der Waals surface area contributed by atoms with Crippen LogP contribution in [0, 0.1) is 12.8 Å². The van der Waals surface area contributed by atoms with Gasteiger partial charge in [-0.05, 0) is 25.0 Å². The Kier molecular flexibility index (Phi) is 6.01. The summed E-state index contributed by atoms with van der Waals surface area (Å²) >= 11 is 0. The van der Waals surface area contributed by atoms with Gasteiger partial charge in [-0.2, -0.15) is 0 Å². The van der Waals surface area contributed by atoms with Crippen molar-refractivity contribution in [2.75, 3.05) is 20.2 Å². The van der Waals surface area contributed by atoms with Crippen molar-refractivity contribution in [2.24, 2.45) is 5.92 Å². The zero-order valence-electron chi connectivity index (χ0n) is 15.0. The van der Waals surface area contributed by atoms with Crippen LogP contribution in [-0.4, -0.2) is 55.1 Å². The summed E-state index contributed by atoms with van der Waals surface area (Å²) in [6.45, 7) is 6.52. The lowest BCUT2D eigenvalue weighted by atomic mass is 10.0. The Morgan fingerprint density at radius 3 is 2.28 bits per heavy atom. The van der Waals surface area contributed by atoms with Gasteiger partial charge in [0.05, 0.1) is 13.2 Å². The fourth-order valence-electron chi connectivity index (χ4n) is 2.60. The van der Waals surface area contributed by atoms with E-state index in [1.165, 1.54) is 12.0 Å². The quantitative estimate of drug-likeness (QED) is 0.841. The van der Waals surface area contributed by atoms with Crippen LogP contribution < -0.4 is 10.6 Å². The molecule has 136 valence electrons. The van der Waals surface area contributed by atoms with E-state index in [4.69, 9.17) is 0 Å². The molecule has 0 bridgehead atoms. The first-order valence-corrected chi connectivity index (χ1v) is 8.32. The molecule has 1 aliphatic rings. The fraction of sp³-hybridized carbons (Fsp3) is 0.500. The first-order chi connectivity index (χ1) is 11.8. The molecule has 3 amide bonds. The van der Waals surface area contributed by atoms with Crippen LogP contribution in [0.2, 0.25) is 0 Å². The van der Waals surface area contributed by atoms with Crippen LogP contribution in [0.3, 0.4) is 0 Å². The third kappa shape index (κ3) is 4.71. The van der Waals surface area contributed by atoms with Crippen LogP contribution in [0.5, 0.6) is 0 Å². The molecule has 2 rings (SSSR count). The number of methoxy groups -OCH3 is 1. The van der Waals surface area contributed by atoms with Crippen LogP contribution >= 0.6 is 0 Å². The molecule has 1 aliphatic heterocycles. The van der Waals surface area contributed by atoms with Crippen molar-refractivity contribution in [1.29, 1.82) is 0 Å². The zero-order chi connectivity index (χ0) is 18.6. The Labute approximate surface area is 147 Å². The second-order valence-electron chi connectivity index (χ2n) is 6.64. The molecule has 0 saturated carbocycles. The maximum Gasteiger partial charge on any atom is 0.409 e. The molecule has 7 heteroatoms. The summed E-state index contributed by atoms with van der Waals surface area (Å²) in [5, 5.41) is 5.66. The molecule has 2 N–H and O–H groups in total. The Morgan fingerprint density at radius 2 is 1.76 bits per heavy atom. The summed E-state index contributed by atoms with van der Waals surface area (Å²) in [5.41, 5.74) is 1.58. The monoisotopic (exact) mass is 347 g/mol. The normalized spacial score (nSPS) is 15.3. The fourth-order valence-corrected chi connectivity index (χ4v) is 2.60. The van der Waals surface area contributed by atoms with Crippen molar-refractivity contribution in [1.82, 2.24) is 15.5 Å². The molecule has 1 aromatic carbocycles. The molecule has 1 aromatic rings. The average molecular weight is 347 g/mol. The maximum absolute atomic E-state index is 12.5. The van der Waals surface area contributed by atoms with Crippen molar-refractivity contribution >= 4 is 17.9 Å². The van der Waals surface area contributed by atoms with Gasteiger partial charge in [0.2, 0.25) is 5.91 Å². The Balaban J connectivity index is 1.91. The van der Waals surface area contributed by atoms with E-state index in [-0.39, 0.29) is 23.8 Å². The molecule has 0 aliphatic carbocycles. The number of aryl methyl sites for hydroxylation is 1. The highest BCUT2D eigenvalue weighted by Gasteiger charge is 2.34. The predicted molar refractivity (Wildman–Crippen MR) is 93.2 cm³/mol. The van der Waals surface area contributed by atoms with E-state index < -0.39 is 12.1 Å². The predicted octanol–water partition coefficient (Wildman–Crippen LogP) is 1.32. The average Bonchev–Trinajstić information content (AvgIpc) is 2.54. The summed E-state index contributed by atoms with van der Waals surface area (Å²) in [5.74, 6) is -0.588. The third-order valence-corrected chi connectivity index (χ3v) is 4.21. The topological polar surface area (TPSA) is 87.7 Å². The van der Waals surface area contributed by atoms with Crippen LogP contribution in [0.1, 0.15) is 29.8 Å². The minimum atomic E-state index is -0.638. The first-order valence-electron chi connectivity index (χ1n) is 8.32. The van der Waals surface area contributed by atoms with Crippen molar-refractivity contribution < 1.29 is 19.1 Å². The van der Waals surface area contributed by atoms with Crippen LogP contribution in [0.4, 0.5) is 4.79 Å². The number of carbonyl (C=O) groups excluding carboxylic acids is 3. The molecule has 0 spiro atoms. The van der Waals surface area contributed by atoms with Gasteiger partial charge in [0, 0.05) is 18.7 Å². The molecule has 1 fully saturated rings. The standard InChI is InChI=1S/C18H25N3O4/c1-11(2)15(20-16(22)13-7-5-12(3)6-8-13)17(23)19-14-9-21(10-14)18(24)25-4/h5-8,11,14-15H,9-10H2,1-4H3,(H,19,23)(H,20,22)/t15-/m1/s1. The zero-order valence-corrected chi connectivity index (χ0v) is 15.0. The first kappa shape index (κ1) is 18.8. The Hall–Kier alpha value is -2.57. The summed E-state index contributed by atoms with van der Waals surface area (Å²) < 4.78 is 4.62. The highest BCUT2D eigenvalue weighted by atomic mass is 16.5. The summed E-state index contributed by atoms with van der Waals surface area (Å²) in [6.07, 6.45) is -0.404. The van der Waals surface area contributed by atoms with E-state index in [0.29, 0.717) is 18.7 Å². The molecule has 0 radical (unpaired) electrons. The lowest BCUT2D eigenvalue weighted by Gasteiger charge is -2.39. The van der Waals surface area contributed by atoms with E-state index in [9.17, 15) is 14.4 Å². The second kappa shape index (κ2) is 8.00. The maximum atomic E-state index is 12.5. The number of hydrogen-bond donors (Lipinski definition) is 2. The number of hydrogen-bond acceptors (Lipinski definition) is 4. The highest BCUT2D eigenvalue weighted by molar-refractivity contribution is 5.97. The SMILES string of the molecule is COC(=O)N1CC(NC(=O)[C@H](NC(=O)c2ccc(C)cc2)C(C)C)C1. The summed E-state index contributed by atoms with van der Waals surface area (Å²) in [6, 6.07) is 6.43. The van der Waals surface area contributed by atoms with Gasteiger partial charge in [0.25, 0.3) is 5.91 Å². The number of likely N-dealkylation sites (tertiary alicyclic amines) is 1. The van der Waals surface area contributed by atoms with Gasteiger partial charge in [-0.3, -0.25) is 9.59 Å². The van der Waals surface area contributed by atoms with Crippen molar-refractivity contribution in [3.05, 3.63) is 35.4 Å². The van der Waals surface area contributed by atoms with Gasteiger partial charge in [-0.15, -0.1) is 0 Å². The van der Waals surface area contributed by atoms with Crippen LogP contribution in [-0.2, 0) is 9.53 Å². The van der Waals surface area contributed by atoms with Crippen LogP contribution in [0.25, 0.3) is 0 Å². The molecule has 1 heterocycles. The lowest BCUT2D eigenvalue weighted by Crippen LogP contribution is -2.63. The molecule has 0 unspecified atom stereocenters. The third-order valence-electron chi connectivity index (χ3n) is 4.21. The molecule has 7 nitrogen and oxygen atoms in total. The van der Waals surface area contributed by atoms with E-state index in [0.717, 1.165) is 5.56 Å². The van der Waals surface area contributed by atoms with Crippen molar-refractivity contribution in [3.63, 3.8) is 0 Å². The van der Waals surface area contributed by atoms with Gasteiger partial charge in [-0.1, -0.05) is 31.5 Å². The van der Waals surface area contributed by atoms with Gasteiger partial charge in [0.1, 0.15) is 6.04 Å². The molecule has 0 aromatic heterocycles. The number of rotatable bonds is 5.